The first-order valence-corrected chi connectivity index (χ1v) is 9.07. The summed E-state index contributed by atoms with van der Waals surface area (Å²) in [5.41, 5.74) is 2.01. The van der Waals surface area contributed by atoms with Crippen molar-refractivity contribution in [1.29, 1.82) is 0 Å². The Morgan fingerprint density at radius 2 is 1.90 bits per heavy atom. The highest BCUT2D eigenvalue weighted by Crippen LogP contribution is 2.31. The molecule has 3 rings (SSSR count). The van der Waals surface area contributed by atoms with Gasteiger partial charge < -0.3 is 24.3 Å². The van der Waals surface area contributed by atoms with E-state index in [1.165, 1.54) is 14.2 Å². The number of aliphatic carboxylic acids is 1. The number of para-hydroxylation sites is 2. The lowest BCUT2D eigenvalue weighted by Crippen LogP contribution is -2.30. The smallest absolute Gasteiger partial charge is 0.305 e. The highest BCUT2D eigenvalue weighted by Gasteiger charge is 2.20. The van der Waals surface area contributed by atoms with Gasteiger partial charge in [0.1, 0.15) is 5.52 Å². The number of oxazole rings is 1. The van der Waals surface area contributed by atoms with Crippen LogP contribution in [0.5, 0.6) is 11.5 Å². The number of methoxy groups -OCH3 is 2. The van der Waals surface area contributed by atoms with Crippen molar-refractivity contribution in [2.45, 2.75) is 25.3 Å². The number of ether oxygens (including phenoxy) is 2. The second kappa shape index (κ2) is 9.09. The third kappa shape index (κ3) is 5.04. The predicted molar refractivity (Wildman–Crippen MR) is 105 cm³/mol. The van der Waals surface area contributed by atoms with Gasteiger partial charge in [0.2, 0.25) is 5.91 Å². The van der Waals surface area contributed by atoms with Crippen LogP contribution in [-0.2, 0) is 16.0 Å². The Morgan fingerprint density at radius 3 is 2.59 bits per heavy atom. The molecule has 0 bridgehead atoms. The Bertz CT molecular complexity index is 980. The fraction of sp³-hybridized carbons (Fsp3) is 0.286. The number of carboxylic acids is 1. The number of hydrogen-bond acceptors (Lipinski definition) is 6. The number of carboxylic acid groups (broad SMARTS) is 1. The molecule has 29 heavy (non-hydrogen) atoms. The van der Waals surface area contributed by atoms with Gasteiger partial charge >= 0.3 is 5.97 Å². The molecular formula is C21H22N2O6. The maximum absolute atomic E-state index is 12.4. The van der Waals surface area contributed by atoms with Crippen LogP contribution in [0.15, 0.2) is 46.9 Å². The van der Waals surface area contributed by atoms with Crippen molar-refractivity contribution in [2.24, 2.45) is 0 Å². The van der Waals surface area contributed by atoms with Crippen LogP contribution < -0.4 is 14.8 Å². The number of nitrogens with zero attached hydrogens (tertiary/aromatic N) is 1. The average Bonchev–Trinajstić information content (AvgIpc) is 3.14. The number of aryl methyl sites for hydroxylation is 1. The lowest BCUT2D eigenvalue weighted by molar-refractivity contribution is -0.137. The van der Waals surface area contributed by atoms with Gasteiger partial charge in [-0.1, -0.05) is 18.2 Å². The normalized spacial score (nSPS) is 11.8. The summed E-state index contributed by atoms with van der Waals surface area (Å²) in [7, 11) is 3.01. The standard InChI is InChI=1S/C21H22N2O6/c1-27-17-8-7-13(11-18(17)28-2)15(12-21(25)26)22-19(24)9-10-20-23-14-5-3-4-6-16(14)29-20/h3-8,11,15H,9-10,12H2,1-2H3,(H,22,24)(H,25,26). The molecule has 2 N–H and O–H groups in total. The van der Waals surface area contributed by atoms with E-state index in [2.05, 4.69) is 10.3 Å². The third-order valence-electron chi connectivity index (χ3n) is 4.43. The van der Waals surface area contributed by atoms with Crippen molar-refractivity contribution in [3.63, 3.8) is 0 Å². The summed E-state index contributed by atoms with van der Waals surface area (Å²) < 4.78 is 16.1. The van der Waals surface area contributed by atoms with E-state index in [0.717, 1.165) is 5.52 Å². The molecule has 1 unspecified atom stereocenters. The summed E-state index contributed by atoms with van der Waals surface area (Å²) in [4.78, 5) is 28.1. The minimum Gasteiger partial charge on any atom is -0.493 e. The summed E-state index contributed by atoms with van der Waals surface area (Å²) in [6, 6.07) is 11.7. The molecule has 1 heterocycles. The minimum atomic E-state index is -1.02. The van der Waals surface area contributed by atoms with Crippen molar-refractivity contribution >= 4 is 23.0 Å². The van der Waals surface area contributed by atoms with E-state index in [-0.39, 0.29) is 18.7 Å². The van der Waals surface area contributed by atoms with Crippen LogP contribution in [0.25, 0.3) is 11.1 Å². The number of nitrogens with one attached hydrogen (secondary N) is 1. The molecule has 8 nitrogen and oxygen atoms in total. The van der Waals surface area contributed by atoms with Crippen LogP contribution >= 0.6 is 0 Å². The number of amides is 1. The van der Waals surface area contributed by atoms with Crippen LogP contribution in [0, 0.1) is 0 Å². The molecule has 0 saturated heterocycles. The second-order valence-corrected chi connectivity index (χ2v) is 6.41. The van der Waals surface area contributed by atoms with Gasteiger partial charge in [-0.25, -0.2) is 4.98 Å². The van der Waals surface area contributed by atoms with E-state index in [0.29, 0.717) is 35.0 Å². The quantitative estimate of drug-likeness (QED) is 0.570. The molecule has 0 aliphatic carbocycles. The molecule has 8 heteroatoms. The maximum atomic E-state index is 12.4. The van der Waals surface area contributed by atoms with Crippen molar-refractivity contribution in [3.8, 4) is 11.5 Å². The number of hydrogen-bond donors (Lipinski definition) is 2. The highest BCUT2D eigenvalue weighted by atomic mass is 16.5. The first-order valence-electron chi connectivity index (χ1n) is 9.07. The van der Waals surface area contributed by atoms with Gasteiger partial charge in [0.25, 0.3) is 0 Å². The first kappa shape index (κ1) is 20.2. The molecule has 1 amide bonds. The van der Waals surface area contributed by atoms with Gasteiger partial charge in [-0.3, -0.25) is 9.59 Å². The molecule has 0 saturated carbocycles. The Kier molecular flexibility index (Phi) is 6.33. The number of benzene rings is 2. The van der Waals surface area contributed by atoms with Crippen molar-refractivity contribution in [3.05, 3.63) is 53.9 Å². The number of fused-ring (bicyclic) bond motifs is 1. The number of aromatic nitrogens is 1. The van der Waals surface area contributed by atoms with E-state index in [4.69, 9.17) is 13.9 Å². The first-order chi connectivity index (χ1) is 14.0. The fourth-order valence-corrected chi connectivity index (χ4v) is 3.01. The van der Waals surface area contributed by atoms with Gasteiger partial charge in [-0.2, -0.15) is 0 Å². The molecule has 152 valence electrons. The van der Waals surface area contributed by atoms with Gasteiger partial charge in [0.05, 0.1) is 26.7 Å². The number of carbonyl (C=O) groups is 2. The largest absolute Gasteiger partial charge is 0.493 e. The Morgan fingerprint density at radius 1 is 1.14 bits per heavy atom. The van der Waals surface area contributed by atoms with Crippen LogP contribution in [0.3, 0.4) is 0 Å². The van der Waals surface area contributed by atoms with Gasteiger partial charge in [-0.05, 0) is 29.8 Å². The SMILES string of the molecule is COc1ccc(C(CC(=O)O)NC(=O)CCc2nc3ccccc3o2)cc1OC. The molecule has 0 aliphatic heterocycles. The minimum absolute atomic E-state index is 0.121. The van der Waals surface area contributed by atoms with Crippen LogP contribution in [-0.4, -0.2) is 36.2 Å². The molecule has 0 aliphatic rings. The topological polar surface area (TPSA) is 111 Å². The fourth-order valence-electron chi connectivity index (χ4n) is 3.01. The van der Waals surface area contributed by atoms with Crippen LogP contribution in [0.4, 0.5) is 0 Å². The Hall–Kier alpha value is -3.55. The summed E-state index contributed by atoms with van der Waals surface area (Å²) in [5, 5.41) is 12.0. The summed E-state index contributed by atoms with van der Waals surface area (Å²) >= 11 is 0. The number of rotatable bonds is 9. The zero-order valence-electron chi connectivity index (χ0n) is 16.2. The van der Waals surface area contributed by atoms with Gasteiger partial charge in [0.15, 0.2) is 23.0 Å². The summed E-state index contributed by atoms with van der Waals surface area (Å²) in [5.74, 6) is 0.119. The van der Waals surface area contributed by atoms with E-state index in [1.54, 1.807) is 18.2 Å². The average molecular weight is 398 g/mol. The van der Waals surface area contributed by atoms with Gasteiger partial charge in [-0.15, -0.1) is 0 Å². The maximum Gasteiger partial charge on any atom is 0.305 e. The Balaban J connectivity index is 1.69. The molecule has 0 spiro atoms. The lowest BCUT2D eigenvalue weighted by Gasteiger charge is -2.19. The molecule has 1 aromatic heterocycles. The Labute approximate surface area is 167 Å². The lowest BCUT2D eigenvalue weighted by atomic mass is 10.0. The van der Waals surface area contributed by atoms with Crippen LogP contribution in [0.2, 0.25) is 0 Å². The van der Waals surface area contributed by atoms with E-state index < -0.39 is 12.0 Å². The number of carbonyl (C=O) groups excluding carboxylic acids is 1. The van der Waals surface area contributed by atoms with Gasteiger partial charge in [0, 0.05) is 12.8 Å². The van der Waals surface area contributed by atoms with E-state index in [9.17, 15) is 14.7 Å². The molecular weight excluding hydrogens is 376 g/mol. The molecule has 0 fully saturated rings. The second-order valence-electron chi connectivity index (χ2n) is 6.41. The summed E-state index contributed by atoms with van der Waals surface area (Å²) in [6.07, 6.45) is 0.173. The summed E-state index contributed by atoms with van der Waals surface area (Å²) in [6.45, 7) is 0. The van der Waals surface area contributed by atoms with Crippen molar-refractivity contribution in [2.75, 3.05) is 14.2 Å². The monoisotopic (exact) mass is 398 g/mol. The highest BCUT2D eigenvalue weighted by molar-refractivity contribution is 5.78. The van der Waals surface area contributed by atoms with Crippen LogP contribution in [0.1, 0.15) is 30.3 Å². The zero-order valence-corrected chi connectivity index (χ0v) is 16.2. The zero-order chi connectivity index (χ0) is 20.8. The molecule has 1 atom stereocenters. The molecule has 2 aromatic carbocycles. The van der Waals surface area contributed by atoms with Crippen molar-refractivity contribution < 1.29 is 28.6 Å². The van der Waals surface area contributed by atoms with E-state index in [1.807, 2.05) is 24.3 Å². The predicted octanol–water partition coefficient (Wildman–Crippen LogP) is 3.11. The molecule has 3 aromatic rings. The third-order valence-corrected chi connectivity index (χ3v) is 4.43. The van der Waals surface area contributed by atoms with Crippen molar-refractivity contribution in [1.82, 2.24) is 10.3 Å². The molecule has 0 radical (unpaired) electrons. The van der Waals surface area contributed by atoms with E-state index >= 15 is 0 Å².